The molecule has 1 aliphatic heterocycles. The number of aromatic nitrogens is 4. The van der Waals surface area contributed by atoms with E-state index < -0.39 is 0 Å². The molecule has 1 aromatic carbocycles. The van der Waals surface area contributed by atoms with E-state index >= 15 is 0 Å². The van der Waals surface area contributed by atoms with Gasteiger partial charge in [-0.1, -0.05) is 24.2 Å². The van der Waals surface area contributed by atoms with E-state index in [-0.39, 0.29) is 0 Å². The van der Waals surface area contributed by atoms with Gasteiger partial charge in [0.2, 0.25) is 0 Å². The molecule has 1 fully saturated rings. The average molecular weight is 466 g/mol. The summed E-state index contributed by atoms with van der Waals surface area (Å²) in [4.78, 5) is 15.0. The van der Waals surface area contributed by atoms with Crippen LogP contribution in [0.5, 0.6) is 0 Å². The molecule has 4 heterocycles. The molecular formula is C23H24ClN7S. The summed E-state index contributed by atoms with van der Waals surface area (Å²) in [6, 6.07) is 9.71. The largest absolute Gasteiger partial charge is 0.373 e. The van der Waals surface area contributed by atoms with Gasteiger partial charge in [0.1, 0.15) is 0 Å². The topological polar surface area (TPSA) is 73.0 Å². The van der Waals surface area contributed by atoms with Crippen molar-refractivity contribution >= 4 is 44.8 Å². The maximum absolute atomic E-state index is 6.34. The van der Waals surface area contributed by atoms with Crippen molar-refractivity contribution in [2.24, 2.45) is 0 Å². The van der Waals surface area contributed by atoms with Crippen LogP contribution in [0.3, 0.4) is 0 Å². The lowest BCUT2D eigenvalue weighted by atomic mass is 10.1. The molecule has 5 rings (SSSR count). The second-order valence-electron chi connectivity index (χ2n) is 7.92. The predicted molar refractivity (Wildman–Crippen MR) is 131 cm³/mol. The molecule has 0 bridgehead atoms. The second kappa shape index (κ2) is 8.90. The molecule has 164 valence electrons. The summed E-state index contributed by atoms with van der Waals surface area (Å²) < 4.78 is 0. The summed E-state index contributed by atoms with van der Waals surface area (Å²) >= 11 is 8.00. The van der Waals surface area contributed by atoms with Crippen LogP contribution in [0.2, 0.25) is 5.02 Å². The maximum atomic E-state index is 6.34. The van der Waals surface area contributed by atoms with Crippen molar-refractivity contribution in [3.63, 3.8) is 0 Å². The third-order valence-electron chi connectivity index (χ3n) is 5.67. The molecule has 9 heteroatoms. The van der Waals surface area contributed by atoms with Crippen molar-refractivity contribution in [2.45, 2.75) is 13.5 Å². The highest BCUT2D eigenvalue weighted by atomic mass is 35.5. The normalized spacial score (nSPS) is 14.8. The zero-order valence-electron chi connectivity index (χ0n) is 17.8. The Hall–Kier alpha value is -2.94. The number of anilines is 2. The molecule has 3 aromatic heterocycles. The molecular weight excluding hydrogens is 442 g/mol. The lowest BCUT2D eigenvalue weighted by Crippen LogP contribution is -2.44. The molecule has 32 heavy (non-hydrogen) atoms. The zero-order chi connectivity index (χ0) is 22.1. The smallest absolute Gasteiger partial charge is 0.188 e. The standard InChI is InChI=1S/C23H24ClN7S/c1-15(2)31-10-8-30(9-11-31)14-17-13-26-23(32-17)27-22-18-12-16(5-6-20(18)28-29-22)21-19(24)4-3-7-25-21/h3-7,12-13H,1,8-11,14H2,2H3,(H2,26,27,28,29). The molecule has 4 aromatic rings. The van der Waals surface area contributed by atoms with Crippen LogP contribution in [0.15, 0.2) is 55.0 Å². The Bertz CT molecular complexity index is 1260. The number of piperazine rings is 1. The van der Waals surface area contributed by atoms with Crippen LogP contribution in [0.4, 0.5) is 10.9 Å². The van der Waals surface area contributed by atoms with Crippen LogP contribution in [0, 0.1) is 0 Å². The molecule has 0 amide bonds. The number of benzene rings is 1. The maximum Gasteiger partial charge on any atom is 0.188 e. The summed E-state index contributed by atoms with van der Waals surface area (Å²) in [5.74, 6) is 0.741. The zero-order valence-corrected chi connectivity index (χ0v) is 19.4. The number of nitrogens with zero attached hydrogens (tertiary/aromatic N) is 5. The van der Waals surface area contributed by atoms with Gasteiger partial charge in [0.05, 0.1) is 16.2 Å². The molecule has 0 aliphatic carbocycles. The minimum absolute atomic E-state index is 0.624. The Morgan fingerprint density at radius 1 is 1.22 bits per heavy atom. The molecule has 0 unspecified atom stereocenters. The number of hydrogen-bond donors (Lipinski definition) is 2. The monoisotopic (exact) mass is 465 g/mol. The number of pyridine rings is 1. The van der Waals surface area contributed by atoms with Crippen LogP contribution in [0.1, 0.15) is 11.8 Å². The number of nitrogens with one attached hydrogen (secondary N) is 2. The van der Waals surface area contributed by atoms with Gasteiger partial charge >= 0.3 is 0 Å². The molecule has 0 radical (unpaired) electrons. The molecule has 0 spiro atoms. The fourth-order valence-electron chi connectivity index (χ4n) is 3.90. The predicted octanol–water partition coefficient (Wildman–Crippen LogP) is 5.13. The first kappa shape index (κ1) is 20.9. The quantitative estimate of drug-likeness (QED) is 0.411. The summed E-state index contributed by atoms with van der Waals surface area (Å²) in [6.45, 7) is 11.2. The van der Waals surface area contributed by atoms with E-state index in [2.05, 4.69) is 48.8 Å². The van der Waals surface area contributed by atoms with E-state index in [9.17, 15) is 0 Å². The van der Waals surface area contributed by atoms with Gasteiger partial charge < -0.3 is 10.2 Å². The molecule has 0 saturated carbocycles. The lowest BCUT2D eigenvalue weighted by molar-refractivity contribution is 0.154. The highest BCUT2D eigenvalue weighted by molar-refractivity contribution is 7.15. The number of H-pyrrole nitrogens is 1. The minimum atomic E-state index is 0.624. The minimum Gasteiger partial charge on any atom is -0.373 e. The van der Waals surface area contributed by atoms with E-state index in [1.165, 1.54) is 4.88 Å². The first-order valence-electron chi connectivity index (χ1n) is 10.5. The van der Waals surface area contributed by atoms with Gasteiger partial charge in [0.25, 0.3) is 0 Å². The molecule has 2 N–H and O–H groups in total. The summed E-state index contributed by atoms with van der Waals surface area (Å²) in [6.07, 6.45) is 3.70. The molecule has 1 aliphatic rings. The second-order valence-corrected chi connectivity index (χ2v) is 9.44. The highest BCUT2D eigenvalue weighted by Gasteiger charge is 2.18. The fraction of sp³-hybridized carbons (Fsp3) is 0.261. The van der Waals surface area contributed by atoms with Crippen LogP contribution >= 0.6 is 22.9 Å². The Kier molecular flexibility index (Phi) is 5.82. The van der Waals surface area contributed by atoms with E-state index in [1.54, 1.807) is 17.5 Å². The van der Waals surface area contributed by atoms with E-state index in [4.69, 9.17) is 11.6 Å². The number of hydrogen-bond acceptors (Lipinski definition) is 7. The van der Waals surface area contributed by atoms with Crippen molar-refractivity contribution in [3.8, 4) is 11.3 Å². The van der Waals surface area contributed by atoms with Gasteiger partial charge in [-0.05, 0) is 31.2 Å². The summed E-state index contributed by atoms with van der Waals surface area (Å²) in [5.41, 5.74) is 3.79. The van der Waals surface area contributed by atoms with Gasteiger partial charge in [-0.25, -0.2) is 4.98 Å². The lowest BCUT2D eigenvalue weighted by Gasteiger charge is -2.35. The Labute approximate surface area is 195 Å². The van der Waals surface area contributed by atoms with E-state index in [0.717, 1.165) is 71.5 Å². The number of aromatic amines is 1. The molecule has 0 atom stereocenters. The van der Waals surface area contributed by atoms with Crippen LogP contribution < -0.4 is 5.32 Å². The third-order valence-corrected chi connectivity index (χ3v) is 6.87. The van der Waals surface area contributed by atoms with Crippen molar-refractivity contribution < 1.29 is 0 Å². The molecule has 1 saturated heterocycles. The third kappa shape index (κ3) is 4.34. The van der Waals surface area contributed by atoms with Gasteiger partial charge in [0, 0.05) is 66.6 Å². The Morgan fingerprint density at radius 3 is 2.84 bits per heavy atom. The summed E-state index contributed by atoms with van der Waals surface area (Å²) in [7, 11) is 0. The number of thiazole rings is 1. The van der Waals surface area contributed by atoms with Gasteiger partial charge in [0.15, 0.2) is 10.9 Å². The first-order chi connectivity index (χ1) is 15.6. The number of allylic oxidation sites excluding steroid dienone is 1. The van der Waals surface area contributed by atoms with Gasteiger partial charge in [-0.15, -0.1) is 11.3 Å². The summed E-state index contributed by atoms with van der Waals surface area (Å²) in [5, 5.41) is 13.3. The van der Waals surface area contributed by atoms with Crippen LogP contribution in [-0.4, -0.2) is 56.1 Å². The Balaban J connectivity index is 1.30. The average Bonchev–Trinajstić information content (AvgIpc) is 3.41. The van der Waals surface area contributed by atoms with Crippen molar-refractivity contribution in [2.75, 3.05) is 31.5 Å². The van der Waals surface area contributed by atoms with E-state index in [0.29, 0.717) is 5.02 Å². The fourth-order valence-corrected chi connectivity index (χ4v) is 4.99. The highest BCUT2D eigenvalue weighted by Crippen LogP contribution is 2.32. The number of rotatable bonds is 6. The van der Waals surface area contributed by atoms with Crippen molar-refractivity contribution in [1.82, 2.24) is 30.0 Å². The van der Waals surface area contributed by atoms with Gasteiger partial charge in [-0.2, -0.15) is 5.10 Å². The number of halogens is 1. The van der Waals surface area contributed by atoms with Crippen LogP contribution in [0.25, 0.3) is 22.2 Å². The number of fused-ring (bicyclic) bond motifs is 1. The van der Waals surface area contributed by atoms with Gasteiger partial charge in [-0.3, -0.25) is 15.0 Å². The van der Waals surface area contributed by atoms with Crippen molar-refractivity contribution in [1.29, 1.82) is 0 Å². The van der Waals surface area contributed by atoms with Crippen molar-refractivity contribution in [3.05, 3.63) is 64.9 Å². The van der Waals surface area contributed by atoms with Crippen LogP contribution in [-0.2, 0) is 6.54 Å². The first-order valence-corrected chi connectivity index (χ1v) is 11.7. The Morgan fingerprint density at radius 2 is 2.06 bits per heavy atom. The SMILES string of the molecule is C=C(C)N1CCN(Cc2cnc(Nc3n[nH]c4ccc(-c5ncccc5Cl)cc34)s2)CC1. The molecule has 7 nitrogen and oxygen atoms in total. The van der Waals surface area contributed by atoms with E-state index in [1.807, 2.05) is 36.5 Å².